The van der Waals surface area contributed by atoms with E-state index in [1.165, 1.54) is 24.3 Å². The topological polar surface area (TPSA) is 283 Å². The van der Waals surface area contributed by atoms with Gasteiger partial charge in [0.1, 0.15) is 23.9 Å². The van der Waals surface area contributed by atoms with Crippen LogP contribution in [0.2, 0.25) is 0 Å². The number of carbonyl (C=O) groups excluding carboxylic acids is 3. The molecule has 1 rings (SSSR count). The van der Waals surface area contributed by atoms with Gasteiger partial charge in [-0.1, -0.05) is 12.1 Å². The molecule has 0 aliphatic rings. The third-order valence-corrected chi connectivity index (χ3v) is 5.01. The van der Waals surface area contributed by atoms with E-state index in [-0.39, 0.29) is 12.2 Å². The van der Waals surface area contributed by atoms with Gasteiger partial charge in [-0.25, -0.2) is 4.79 Å². The molecule has 0 aliphatic carbocycles. The summed E-state index contributed by atoms with van der Waals surface area (Å²) in [6, 6.07) is -1.22. The Morgan fingerprint density at radius 3 is 1.68 bits per heavy atom. The first kappa shape index (κ1) is 31.3. The van der Waals surface area contributed by atoms with Crippen molar-refractivity contribution >= 4 is 41.6 Å². The molecule has 0 radical (unpaired) electrons. The number of rotatable bonds is 16. The van der Waals surface area contributed by atoms with Crippen LogP contribution in [0.5, 0.6) is 5.75 Å². The van der Waals surface area contributed by atoms with Gasteiger partial charge in [0.25, 0.3) is 0 Å². The van der Waals surface area contributed by atoms with E-state index in [9.17, 15) is 43.8 Å². The van der Waals surface area contributed by atoms with E-state index in [2.05, 4.69) is 10.6 Å². The molecule has 4 unspecified atom stereocenters. The maximum absolute atomic E-state index is 13.0. The van der Waals surface area contributed by atoms with Gasteiger partial charge in [-0.2, -0.15) is 0 Å². The Kier molecular flexibility index (Phi) is 12.1. The lowest BCUT2D eigenvalue weighted by molar-refractivity contribution is -0.147. The molecule has 0 spiro atoms. The van der Waals surface area contributed by atoms with E-state index < -0.39 is 91.4 Å². The van der Waals surface area contributed by atoms with Gasteiger partial charge >= 0.3 is 23.9 Å². The standard InChI is InChI=1S/C22H28N4O12/c23-12(8-17(30)31)19(34)24-13(5-6-16(28)29)20(35)25-14(7-10-1-3-11(27)4-2-10)21(36)26-15(22(37)38)9-18(32)33/h1-4,12-15,27H,5-9,23H2,(H,24,34)(H,25,35)(H,26,36)(H,28,29)(H,30,31)(H,32,33)(H,37,38). The average molecular weight is 540 g/mol. The molecule has 208 valence electrons. The predicted molar refractivity (Wildman–Crippen MR) is 125 cm³/mol. The second kappa shape index (κ2) is 14.7. The van der Waals surface area contributed by atoms with E-state index >= 15 is 0 Å². The highest BCUT2D eigenvalue weighted by molar-refractivity contribution is 5.95. The molecule has 0 saturated carbocycles. The Morgan fingerprint density at radius 1 is 0.684 bits per heavy atom. The molecule has 38 heavy (non-hydrogen) atoms. The molecule has 0 saturated heterocycles. The minimum atomic E-state index is -1.85. The third kappa shape index (κ3) is 11.3. The molecule has 10 N–H and O–H groups in total. The number of phenolic OH excluding ortho intramolecular Hbond substituents is 1. The Balaban J connectivity index is 3.20. The summed E-state index contributed by atoms with van der Waals surface area (Å²) in [7, 11) is 0. The maximum atomic E-state index is 13.0. The number of phenols is 1. The van der Waals surface area contributed by atoms with Crippen LogP contribution >= 0.6 is 0 Å². The summed E-state index contributed by atoms with van der Waals surface area (Å²) >= 11 is 0. The zero-order valence-electron chi connectivity index (χ0n) is 19.8. The maximum Gasteiger partial charge on any atom is 0.326 e. The molecule has 0 heterocycles. The molecule has 4 atom stereocenters. The van der Waals surface area contributed by atoms with Crippen LogP contribution in [0.25, 0.3) is 0 Å². The lowest BCUT2D eigenvalue weighted by atomic mass is 10.0. The SMILES string of the molecule is NC(CC(=O)O)C(=O)NC(CCC(=O)O)C(=O)NC(Cc1ccc(O)cc1)C(=O)NC(CC(=O)O)C(=O)O. The van der Waals surface area contributed by atoms with Crippen molar-refractivity contribution < 1.29 is 59.1 Å². The van der Waals surface area contributed by atoms with Crippen LogP contribution in [0.3, 0.4) is 0 Å². The number of carboxylic acid groups (broad SMARTS) is 4. The molecular weight excluding hydrogens is 512 g/mol. The molecule has 0 bridgehead atoms. The lowest BCUT2D eigenvalue weighted by Gasteiger charge is -2.25. The number of aromatic hydroxyl groups is 1. The second-order valence-electron chi connectivity index (χ2n) is 8.13. The molecule has 16 nitrogen and oxygen atoms in total. The number of nitrogens with one attached hydrogen (secondary N) is 3. The van der Waals surface area contributed by atoms with Crippen LogP contribution in [0, 0.1) is 0 Å². The second-order valence-corrected chi connectivity index (χ2v) is 8.13. The van der Waals surface area contributed by atoms with Gasteiger partial charge in [0.15, 0.2) is 0 Å². The first-order chi connectivity index (χ1) is 17.7. The molecule has 0 aromatic heterocycles. The quantitative estimate of drug-likeness (QED) is 0.106. The van der Waals surface area contributed by atoms with Crippen LogP contribution in [-0.2, 0) is 40.0 Å². The largest absolute Gasteiger partial charge is 0.508 e. The van der Waals surface area contributed by atoms with E-state index in [0.717, 1.165) is 0 Å². The zero-order chi connectivity index (χ0) is 29.0. The summed E-state index contributed by atoms with van der Waals surface area (Å²) in [4.78, 5) is 82.3. The number of benzene rings is 1. The number of hydrogen-bond acceptors (Lipinski definition) is 9. The Bertz CT molecular complexity index is 1060. The molecular formula is C22H28N4O12. The van der Waals surface area contributed by atoms with Gasteiger partial charge in [0.2, 0.25) is 17.7 Å². The van der Waals surface area contributed by atoms with Gasteiger partial charge in [0, 0.05) is 12.8 Å². The fraction of sp³-hybridized carbons (Fsp3) is 0.409. The van der Waals surface area contributed by atoms with Crippen molar-refractivity contribution in [3.63, 3.8) is 0 Å². The summed E-state index contributed by atoms with van der Waals surface area (Å²) in [5.41, 5.74) is 5.86. The van der Waals surface area contributed by atoms with Crippen LogP contribution in [0.1, 0.15) is 31.2 Å². The number of amides is 3. The van der Waals surface area contributed by atoms with Crippen molar-refractivity contribution in [2.75, 3.05) is 0 Å². The highest BCUT2D eigenvalue weighted by Crippen LogP contribution is 2.12. The number of hydrogen-bond donors (Lipinski definition) is 9. The van der Waals surface area contributed by atoms with Crippen LogP contribution in [0.4, 0.5) is 0 Å². The van der Waals surface area contributed by atoms with Gasteiger partial charge in [-0.3, -0.25) is 28.8 Å². The fourth-order valence-electron chi connectivity index (χ4n) is 3.09. The van der Waals surface area contributed by atoms with Crippen molar-refractivity contribution in [1.82, 2.24) is 16.0 Å². The zero-order valence-corrected chi connectivity index (χ0v) is 19.8. The summed E-state index contributed by atoms with van der Waals surface area (Å²) in [5.74, 6) is -9.29. The van der Waals surface area contributed by atoms with Gasteiger partial charge in [0.05, 0.1) is 18.9 Å². The van der Waals surface area contributed by atoms with Crippen LogP contribution in [-0.4, -0.2) is 91.3 Å². The highest BCUT2D eigenvalue weighted by Gasteiger charge is 2.31. The minimum Gasteiger partial charge on any atom is -0.508 e. The van der Waals surface area contributed by atoms with Crippen molar-refractivity contribution in [2.24, 2.45) is 5.73 Å². The van der Waals surface area contributed by atoms with Crippen LogP contribution in [0.15, 0.2) is 24.3 Å². The Labute approximate surface area is 214 Å². The van der Waals surface area contributed by atoms with Crippen molar-refractivity contribution in [3.05, 3.63) is 29.8 Å². The van der Waals surface area contributed by atoms with E-state index in [1.54, 1.807) is 0 Å². The molecule has 0 fully saturated rings. The smallest absolute Gasteiger partial charge is 0.326 e. The average Bonchev–Trinajstić information content (AvgIpc) is 2.80. The molecule has 16 heteroatoms. The Morgan fingerprint density at radius 2 is 1.18 bits per heavy atom. The Hall–Kier alpha value is -4.73. The van der Waals surface area contributed by atoms with Crippen molar-refractivity contribution in [3.8, 4) is 5.75 Å². The summed E-state index contributed by atoms with van der Waals surface area (Å²) < 4.78 is 0. The summed E-state index contributed by atoms with van der Waals surface area (Å²) in [6.45, 7) is 0. The number of nitrogens with two attached hydrogens (primary N) is 1. The van der Waals surface area contributed by atoms with Crippen LogP contribution < -0.4 is 21.7 Å². The van der Waals surface area contributed by atoms with E-state index in [1.807, 2.05) is 5.32 Å². The van der Waals surface area contributed by atoms with Gasteiger partial charge in [-0.05, 0) is 24.1 Å². The van der Waals surface area contributed by atoms with Gasteiger partial charge in [-0.15, -0.1) is 0 Å². The van der Waals surface area contributed by atoms with Crippen molar-refractivity contribution in [1.29, 1.82) is 0 Å². The monoisotopic (exact) mass is 540 g/mol. The third-order valence-electron chi connectivity index (χ3n) is 5.01. The lowest BCUT2D eigenvalue weighted by Crippen LogP contribution is -2.58. The normalized spacial score (nSPS) is 13.7. The molecule has 1 aromatic rings. The minimum absolute atomic E-state index is 0.111. The van der Waals surface area contributed by atoms with Gasteiger partial charge < -0.3 is 47.2 Å². The predicted octanol–water partition coefficient (Wildman–Crippen LogP) is -2.38. The number of carbonyl (C=O) groups is 7. The molecule has 0 aliphatic heterocycles. The number of carboxylic acids is 4. The van der Waals surface area contributed by atoms with E-state index in [4.69, 9.17) is 21.1 Å². The molecule has 3 amide bonds. The summed E-state index contributed by atoms with van der Waals surface area (Å²) in [6.07, 6.45) is -3.13. The summed E-state index contributed by atoms with van der Waals surface area (Å²) in [5, 5.41) is 51.8. The van der Waals surface area contributed by atoms with E-state index in [0.29, 0.717) is 5.56 Å². The number of aliphatic carboxylic acids is 4. The van der Waals surface area contributed by atoms with Crippen molar-refractivity contribution in [2.45, 2.75) is 56.3 Å². The highest BCUT2D eigenvalue weighted by atomic mass is 16.4. The first-order valence-corrected chi connectivity index (χ1v) is 11.0. The first-order valence-electron chi connectivity index (χ1n) is 11.0. The fourth-order valence-corrected chi connectivity index (χ4v) is 3.09. The molecule has 1 aromatic carbocycles.